The molecule has 0 saturated heterocycles. The zero-order chi connectivity index (χ0) is 3.41. The monoisotopic (exact) mass is 120 g/mol. The molecule has 1 radical (unpaired) electrons. The zero-order valence-electron chi connectivity index (χ0n) is 2.18. The standard InChI is InChI=1S/BFHNO.Co/c2-1-3-4;/h4H;. The molecule has 0 aliphatic rings. The topological polar surface area (TPSA) is 32.6 Å². The molecule has 0 amide bonds. The van der Waals surface area contributed by atoms with Gasteiger partial charge in [0.15, 0.2) is 0 Å². The third-order valence-electron chi connectivity index (χ3n) is 0.0436. The minimum absolute atomic E-state index is 0. The van der Waals surface area contributed by atoms with E-state index < -0.39 is 0 Å². The summed E-state index contributed by atoms with van der Waals surface area (Å²) in [4.78, 5) is 0. The van der Waals surface area contributed by atoms with Crippen LogP contribution in [0.3, 0.4) is 0 Å². The van der Waals surface area contributed by atoms with E-state index in [9.17, 15) is 4.32 Å². The van der Waals surface area contributed by atoms with Crippen molar-refractivity contribution in [2.24, 2.45) is 5.06 Å². The Kier molecular flexibility index (Phi) is 15.9. The van der Waals surface area contributed by atoms with Gasteiger partial charge >= 0.3 is 21.9 Å². The number of nitrogens with zero attached hydrogens (tertiary/aromatic N) is 1. The summed E-state index contributed by atoms with van der Waals surface area (Å²) < 4.78 is 10.2. The van der Waals surface area contributed by atoms with Crippen LogP contribution in [0.5, 0.6) is 0 Å². The van der Waals surface area contributed by atoms with Crippen molar-refractivity contribution in [2.75, 3.05) is 0 Å². The van der Waals surface area contributed by atoms with Gasteiger partial charge in [-0.1, -0.05) is 0 Å². The van der Waals surface area contributed by atoms with Crippen LogP contribution >= 0.6 is 0 Å². The first-order valence-electron chi connectivity index (χ1n) is 0.676. The van der Waals surface area contributed by atoms with Gasteiger partial charge < -0.3 is 0 Å². The van der Waals surface area contributed by atoms with E-state index in [1.807, 2.05) is 5.06 Å². The van der Waals surface area contributed by atoms with Crippen molar-refractivity contribution in [1.29, 1.82) is 0 Å². The second kappa shape index (κ2) is 8.93. The molecule has 31 valence electrons. The van der Waals surface area contributed by atoms with Gasteiger partial charge in [0.25, 0.3) is 0 Å². The maximum absolute atomic E-state index is 10.2. The molecule has 0 bridgehead atoms. The van der Waals surface area contributed by atoms with Crippen molar-refractivity contribution in [3.8, 4) is 0 Å². The molecule has 0 saturated carbocycles. The maximum Gasteiger partial charge on any atom is 0 e. The predicted octanol–water partition coefficient (Wildman–Crippen LogP) is 0.145. The molecule has 0 heterocycles. The van der Waals surface area contributed by atoms with Gasteiger partial charge in [-0.25, -0.2) is 0 Å². The third kappa shape index (κ3) is 14.9. The molecule has 0 aromatic heterocycles. The van der Waals surface area contributed by atoms with Crippen LogP contribution in [0.2, 0.25) is 0 Å². The van der Waals surface area contributed by atoms with E-state index in [2.05, 4.69) is 0 Å². The van der Waals surface area contributed by atoms with Crippen LogP contribution in [0.4, 0.5) is 4.32 Å². The van der Waals surface area contributed by atoms with E-state index in [-0.39, 0.29) is 24.1 Å². The van der Waals surface area contributed by atoms with Crippen LogP contribution in [-0.4, -0.2) is 12.6 Å². The average molecular weight is 120 g/mol. The smallest absolute Gasteiger partial charge is 0 e. The summed E-state index contributed by atoms with van der Waals surface area (Å²) in [6.07, 6.45) is 0. The summed E-state index contributed by atoms with van der Waals surface area (Å²) in [7, 11) is -0.194. The first kappa shape index (κ1) is 8.92. The molecule has 5 heavy (non-hydrogen) atoms. The van der Waals surface area contributed by atoms with Crippen molar-refractivity contribution in [3.05, 3.63) is 0 Å². The van der Waals surface area contributed by atoms with Gasteiger partial charge in [-0.15, -0.1) is 0 Å². The molecule has 0 aromatic carbocycles. The molecule has 5 heteroatoms. The quantitative estimate of drug-likeness (QED) is 0.358. The molecule has 1 N–H and O–H groups in total. The summed E-state index contributed by atoms with van der Waals surface area (Å²) in [6.45, 7) is 0. The molecular weight excluding hydrogens is 119 g/mol. The first-order valence-corrected chi connectivity index (χ1v) is 0.676. The van der Waals surface area contributed by atoms with Crippen LogP contribution in [0.15, 0.2) is 5.06 Å². The molecule has 0 aliphatic carbocycles. The Morgan fingerprint density at radius 2 is 2.00 bits per heavy atom. The minimum Gasteiger partial charge on any atom is 0 e. The van der Waals surface area contributed by atoms with Crippen LogP contribution in [-0.2, 0) is 16.8 Å². The molecule has 0 rings (SSSR count). The maximum atomic E-state index is 10.2. The zero-order valence-corrected chi connectivity index (χ0v) is 3.22. The first-order chi connectivity index (χ1) is 1.91. The van der Waals surface area contributed by atoms with Crippen molar-refractivity contribution < 1.29 is 26.3 Å². The molecule has 0 aliphatic heterocycles. The Bertz CT molecular complexity index is 26.8. The molecule has 0 spiro atoms. The summed E-state index contributed by atoms with van der Waals surface area (Å²) in [6, 6.07) is 0. The van der Waals surface area contributed by atoms with Crippen molar-refractivity contribution >= 4 is 7.35 Å². The van der Waals surface area contributed by atoms with E-state index in [1.54, 1.807) is 0 Å². The van der Waals surface area contributed by atoms with Gasteiger partial charge in [-0.05, 0) is 0 Å². The third-order valence-corrected chi connectivity index (χ3v) is 0.0436. The normalized spacial score (nSPS) is 5.80. The number of rotatable bonds is 0. The number of hydrogen-bond acceptors (Lipinski definition) is 2. The number of hydrogen-bond donors (Lipinski definition) is 1. The Labute approximate surface area is 39.5 Å². The van der Waals surface area contributed by atoms with Gasteiger partial charge in [0.05, 0.1) is 0 Å². The van der Waals surface area contributed by atoms with Gasteiger partial charge in [0.1, 0.15) is 0 Å². The number of halogens is 1. The molecule has 0 unspecified atom stereocenters. The van der Waals surface area contributed by atoms with Crippen molar-refractivity contribution in [2.45, 2.75) is 0 Å². The SMILES string of the molecule is ON=BF.[Co]. The summed E-state index contributed by atoms with van der Waals surface area (Å²) in [5.41, 5.74) is 0. The molecule has 0 atom stereocenters. The summed E-state index contributed by atoms with van der Waals surface area (Å²) in [5.74, 6) is 0. The largest absolute Gasteiger partial charge is 0 e. The van der Waals surface area contributed by atoms with E-state index >= 15 is 0 Å². The van der Waals surface area contributed by atoms with E-state index in [0.717, 1.165) is 0 Å². The van der Waals surface area contributed by atoms with Crippen molar-refractivity contribution in [3.63, 3.8) is 0 Å². The summed E-state index contributed by atoms with van der Waals surface area (Å²) in [5, 5.41) is 9.01. The predicted molar refractivity (Wildman–Crippen MR) is 11.1 cm³/mol. The fourth-order valence-corrected chi connectivity index (χ4v) is 0. The van der Waals surface area contributed by atoms with E-state index in [1.165, 1.54) is 0 Å². The molecule has 0 fully saturated rings. The van der Waals surface area contributed by atoms with Crippen molar-refractivity contribution in [1.82, 2.24) is 0 Å². The summed E-state index contributed by atoms with van der Waals surface area (Å²) >= 11 is 0. The molecule has 2 nitrogen and oxygen atoms in total. The second-order valence-electron chi connectivity index (χ2n) is 0.213. The second-order valence-corrected chi connectivity index (χ2v) is 0.213. The molecular formula is HBCoFNO. The fraction of sp³-hybridized carbons (Fsp3) is 0. The van der Waals surface area contributed by atoms with Crippen LogP contribution < -0.4 is 0 Å². The van der Waals surface area contributed by atoms with Gasteiger partial charge in [-0.3, -0.25) is 0 Å². The van der Waals surface area contributed by atoms with E-state index in [4.69, 9.17) is 5.21 Å². The molecule has 0 aromatic rings. The van der Waals surface area contributed by atoms with E-state index in [0.29, 0.717) is 0 Å². The van der Waals surface area contributed by atoms with Gasteiger partial charge in [0, 0.05) is 16.8 Å². The minimum atomic E-state index is -0.194. The van der Waals surface area contributed by atoms with Crippen LogP contribution in [0.1, 0.15) is 0 Å². The van der Waals surface area contributed by atoms with Gasteiger partial charge in [0.2, 0.25) is 0 Å². The van der Waals surface area contributed by atoms with Crippen LogP contribution in [0, 0.1) is 0 Å². The average Bonchev–Trinajstić information content (AvgIpc) is 1.37. The Morgan fingerprint density at radius 1 is 1.80 bits per heavy atom. The Hall–Kier alpha value is 0.101. The Morgan fingerprint density at radius 3 is 2.00 bits per heavy atom. The Balaban J connectivity index is 0. The van der Waals surface area contributed by atoms with Crippen LogP contribution in [0.25, 0.3) is 0 Å². The fourth-order valence-electron chi connectivity index (χ4n) is 0. The van der Waals surface area contributed by atoms with Gasteiger partial charge in [-0.2, -0.15) is 0 Å².